The maximum Gasteiger partial charge on any atom is 0.233 e. The van der Waals surface area contributed by atoms with Crippen LogP contribution in [0.4, 0.5) is 0 Å². The predicted octanol–water partition coefficient (Wildman–Crippen LogP) is 4.45. The van der Waals surface area contributed by atoms with Gasteiger partial charge in [0.1, 0.15) is 0 Å². The van der Waals surface area contributed by atoms with Crippen molar-refractivity contribution in [3.05, 3.63) is 64.7 Å². The summed E-state index contributed by atoms with van der Waals surface area (Å²) in [6, 6.07) is 15.6. The summed E-state index contributed by atoms with van der Waals surface area (Å²) in [4.78, 5) is 13.1. The Balaban J connectivity index is 1.91. The van der Waals surface area contributed by atoms with E-state index in [2.05, 4.69) is 5.32 Å². The van der Waals surface area contributed by atoms with E-state index < -0.39 is 0 Å². The van der Waals surface area contributed by atoms with Crippen LogP contribution in [0.25, 0.3) is 0 Å². The average molecular weight is 320 g/mol. The molecule has 0 saturated carbocycles. The molecule has 0 aliphatic carbocycles. The Kier molecular flexibility index (Phi) is 5.71. The number of aryl methyl sites for hydroxylation is 1. The molecular formula is C17H18ClNOS. The molecule has 21 heavy (non-hydrogen) atoms. The van der Waals surface area contributed by atoms with Crippen molar-refractivity contribution in [3.63, 3.8) is 0 Å². The van der Waals surface area contributed by atoms with Gasteiger partial charge in [0, 0.05) is 11.4 Å². The summed E-state index contributed by atoms with van der Waals surface area (Å²) in [6.07, 6.45) is 0. The van der Waals surface area contributed by atoms with Crippen molar-refractivity contribution in [2.24, 2.45) is 0 Å². The number of hydrogen-bond donors (Lipinski definition) is 1. The van der Waals surface area contributed by atoms with Crippen molar-refractivity contribution in [2.45, 2.75) is 30.5 Å². The number of thioether (sulfide) groups is 1. The minimum atomic E-state index is -0.186. The maximum atomic E-state index is 12.2. The van der Waals surface area contributed by atoms with E-state index in [1.54, 1.807) is 0 Å². The number of rotatable bonds is 5. The van der Waals surface area contributed by atoms with Gasteiger partial charge >= 0.3 is 0 Å². The van der Waals surface area contributed by atoms with Crippen LogP contribution in [0.15, 0.2) is 53.4 Å². The number of amides is 1. The zero-order chi connectivity index (χ0) is 15.2. The van der Waals surface area contributed by atoms with Gasteiger partial charge in [0.25, 0.3) is 0 Å². The van der Waals surface area contributed by atoms with Gasteiger partial charge in [-0.05, 0) is 37.1 Å². The molecule has 0 fully saturated rings. The first kappa shape index (κ1) is 15.9. The Morgan fingerprint density at radius 2 is 1.86 bits per heavy atom. The zero-order valence-electron chi connectivity index (χ0n) is 12.1. The molecule has 0 aliphatic rings. The summed E-state index contributed by atoms with van der Waals surface area (Å²) in [6.45, 7) is 4.49. The normalized spacial score (nSPS) is 12.0. The van der Waals surface area contributed by atoms with Crippen molar-refractivity contribution in [3.8, 4) is 0 Å². The highest BCUT2D eigenvalue weighted by atomic mass is 35.5. The van der Waals surface area contributed by atoms with Crippen molar-refractivity contribution < 1.29 is 4.79 Å². The van der Waals surface area contributed by atoms with Crippen LogP contribution in [-0.2, 0) is 11.3 Å². The van der Waals surface area contributed by atoms with E-state index in [4.69, 9.17) is 11.6 Å². The number of halogens is 1. The number of carbonyl (C=O) groups excluding carboxylic acids is 1. The molecule has 2 aromatic rings. The molecule has 1 unspecified atom stereocenters. The van der Waals surface area contributed by atoms with Crippen LogP contribution >= 0.6 is 23.4 Å². The molecule has 1 atom stereocenters. The molecule has 1 N–H and O–H groups in total. The van der Waals surface area contributed by atoms with E-state index in [1.807, 2.05) is 62.4 Å². The van der Waals surface area contributed by atoms with Crippen molar-refractivity contribution >= 4 is 29.3 Å². The summed E-state index contributed by atoms with van der Waals surface area (Å²) >= 11 is 7.59. The summed E-state index contributed by atoms with van der Waals surface area (Å²) < 4.78 is 0. The molecule has 2 nitrogen and oxygen atoms in total. The molecule has 0 heterocycles. The summed E-state index contributed by atoms with van der Waals surface area (Å²) in [5.74, 6) is 0.0168. The molecule has 1 amide bonds. The van der Waals surface area contributed by atoms with Gasteiger partial charge in [0.15, 0.2) is 0 Å². The van der Waals surface area contributed by atoms with Crippen LogP contribution in [0.1, 0.15) is 18.1 Å². The Morgan fingerprint density at radius 1 is 1.19 bits per heavy atom. The van der Waals surface area contributed by atoms with Gasteiger partial charge in [-0.15, -0.1) is 11.8 Å². The zero-order valence-corrected chi connectivity index (χ0v) is 13.7. The second kappa shape index (κ2) is 7.53. The van der Waals surface area contributed by atoms with Crippen LogP contribution in [0.3, 0.4) is 0 Å². The van der Waals surface area contributed by atoms with Gasteiger partial charge in [0.2, 0.25) is 5.91 Å². The SMILES string of the molecule is Cc1ccccc1CNC(=O)C(C)Sc1ccccc1Cl. The lowest BCUT2D eigenvalue weighted by Gasteiger charge is -2.13. The van der Waals surface area contributed by atoms with E-state index in [0.717, 1.165) is 10.5 Å². The van der Waals surface area contributed by atoms with Gasteiger partial charge in [-0.25, -0.2) is 0 Å². The van der Waals surface area contributed by atoms with E-state index in [9.17, 15) is 4.79 Å². The van der Waals surface area contributed by atoms with Gasteiger partial charge in [-0.3, -0.25) is 4.79 Å². The minimum absolute atomic E-state index is 0.0168. The number of hydrogen-bond acceptors (Lipinski definition) is 2. The molecular weight excluding hydrogens is 302 g/mol. The molecule has 2 aromatic carbocycles. The Morgan fingerprint density at radius 3 is 2.57 bits per heavy atom. The van der Waals surface area contributed by atoms with Crippen LogP contribution in [-0.4, -0.2) is 11.2 Å². The number of nitrogens with one attached hydrogen (secondary N) is 1. The van der Waals surface area contributed by atoms with E-state index >= 15 is 0 Å². The summed E-state index contributed by atoms with van der Waals surface area (Å²) in [7, 11) is 0. The lowest BCUT2D eigenvalue weighted by atomic mass is 10.1. The van der Waals surface area contributed by atoms with Crippen molar-refractivity contribution in [1.29, 1.82) is 0 Å². The lowest BCUT2D eigenvalue weighted by Crippen LogP contribution is -2.30. The Labute approximate surface area is 134 Å². The quantitative estimate of drug-likeness (QED) is 0.825. The molecule has 0 saturated heterocycles. The van der Waals surface area contributed by atoms with Crippen molar-refractivity contribution in [1.82, 2.24) is 5.32 Å². The van der Waals surface area contributed by atoms with Crippen molar-refractivity contribution in [2.75, 3.05) is 0 Å². The third-order valence-corrected chi connectivity index (χ3v) is 4.84. The molecule has 0 aliphatic heterocycles. The van der Waals surface area contributed by atoms with Crippen LogP contribution in [0.2, 0.25) is 5.02 Å². The van der Waals surface area contributed by atoms with Gasteiger partial charge < -0.3 is 5.32 Å². The fourth-order valence-electron chi connectivity index (χ4n) is 1.92. The number of carbonyl (C=O) groups is 1. The van der Waals surface area contributed by atoms with E-state index in [1.165, 1.54) is 17.3 Å². The maximum absolute atomic E-state index is 12.2. The molecule has 2 rings (SSSR count). The topological polar surface area (TPSA) is 29.1 Å². The van der Waals surface area contributed by atoms with Gasteiger partial charge in [-0.1, -0.05) is 48.0 Å². The standard InChI is InChI=1S/C17H18ClNOS/c1-12-7-3-4-8-14(12)11-19-17(20)13(2)21-16-10-6-5-9-15(16)18/h3-10,13H,11H2,1-2H3,(H,19,20). The Bertz CT molecular complexity index is 630. The smallest absolute Gasteiger partial charge is 0.233 e. The van der Waals surface area contributed by atoms with Crippen LogP contribution < -0.4 is 5.32 Å². The molecule has 0 radical (unpaired) electrons. The third-order valence-electron chi connectivity index (χ3n) is 3.22. The molecule has 4 heteroatoms. The summed E-state index contributed by atoms with van der Waals surface area (Å²) in [5.41, 5.74) is 2.32. The molecule has 0 bridgehead atoms. The van der Waals surface area contributed by atoms with E-state index in [0.29, 0.717) is 11.6 Å². The second-order valence-electron chi connectivity index (χ2n) is 4.83. The predicted molar refractivity (Wildman–Crippen MR) is 89.8 cm³/mol. The van der Waals surface area contributed by atoms with Gasteiger partial charge in [-0.2, -0.15) is 0 Å². The summed E-state index contributed by atoms with van der Waals surface area (Å²) in [5, 5.41) is 3.47. The largest absolute Gasteiger partial charge is 0.351 e. The monoisotopic (exact) mass is 319 g/mol. The first-order valence-electron chi connectivity index (χ1n) is 6.81. The first-order valence-corrected chi connectivity index (χ1v) is 8.07. The van der Waals surface area contributed by atoms with Crippen LogP contribution in [0, 0.1) is 6.92 Å². The second-order valence-corrected chi connectivity index (χ2v) is 6.62. The van der Waals surface area contributed by atoms with Crippen LogP contribution in [0.5, 0.6) is 0 Å². The molecule has 0 spiro atoms. The Hall–Kier alpha value is -1.45. The fraction of sp³-hybridized carbons (Fsp3) is 0.235. The molecule has 0 aromatic heterocycles. The average Bonchev–Trinajstić information content (AvgIpc) is 2.48. The van der Waals surface area contributed by atoms with E-state index in [-0.39, 0.29) is 11.2 Å². The fourth-order valence-corrected chi connectivity index (χ4v) is 3.10. The minimum Gasteiger partial charge on any atom is -0.351 e. The lowest BCUT2D eigenvalue weighted by molar-refractivity contribution is -0.120. The third kappa shape index (κ3) is 4.51. The highest BCUT2D eigenvalue weighted by molar-refractivity contribution is 8.00. The number of benzene rings is 2. The highest BCUT2D eigenvalue weighted by Crippen LogP contribution is 2.30. The van der Waals surface area contributed by atoms with Gasteiger partial charge in [0.05, 0.1) is 10.3 Å². The molecule has 110 valence electrons. The highest BCUT2D eigenvalue weighted by Gasteiger charge is 2.15. The first-order chi connectivity index (χ1) is 10.1.